The molecule has 1 aromatic rings. The number of ketones is 1. The van der Waals surface area contributed by atoms with Crippen molar-refractivity contribution < 1.29 is 19.2 Å². The van der Waals surface area contributed by atoms with E-state index in [1.165, 1.54) is 19.1 Å². The minimum atomic E-state index is -1.11. The van der Waals surface area contributed by atoms with E-state index in [9.17, 15) is 19.7 Å². The molecule has 1 aromatic carbocycles. The predicted octanol–water partition coefficient (Wildman–Crippen LogP) is 2.64. The zero-order valence-electron chi connectivity index (χ0n) is 10.4. The van der Waals surface area contributed by atoms with Gasteiger partial charge in [0.25, 0.3) is 5.69 Å². The number of nitrogens with zero attached hydrogens (tertiary/aromatic N) is 1. The Morgan fingerprint density at radius 1 is 1.47 bits per heavy atom. The van der Waals surface area contributed by atoms with Crippen LogP contribution in [0.15, 0.2) is 18.2 Å². The van der Waals surface area contributed by atoms with E-state index >= 15 is 0 Å². The third-order valence-corrected chi connectivity index (χ3v) is 2.91. The van der Waals surface area contributed by atoms with Crippen molar-refractivity contribution in [3.8, 4) is 0 Å². The molecule has 0 amide bonds. The van der Waals surface area contributed by atoms with Crippen molar-refractivity contribution in [3.63, 3.8) is 0 Å². The molecule has 7 heteroatoms. The van der Waals surface area contributed by atoms with Crippen LogP contribution in [0.1, 0.15) is 35.1 Å². The largest absolute Gasteiger partial charge is 0.462 e. The first-order valence-corrected chi connectivity index (χ1v) is 5.92. The number of nitro benzene ring substituents is 1. The summed E-state index contributed by atoms with van der Waals surface area (Å²) in [6.07, 6.45) is 0. The molecule has 0 aliphatic heterocycles. The Labute approximate surface area is 114 Å². The number of Topliss-reactive ketones (excluding diaryl/α,β-unsaturated/α-hetero) is 1. The second-order valence-electron chi connectivity index (χ2n) is 3.72. The fourth-order valence-electron chi connectivity index (χ4n) is 1.48. The maximum atomic E-state index is 11.5. The summed E-state index contributed by atoms with van der Waals surface area (Å²) in [6.45, 7) is 3.03. The van der Waals surface area contributed by atoms with E-state index < -0.39 is 22.1 Å². The van der Waals surface area contributed by atoms with Crippen LogP contribution in [0.2, 0.25) is 0 Å². The summed E-state index contributed by atoms with van der Waals surface area (Å²) in [5.41, 5.74) is -0.266. The Morgan fingerprint density at radius 3 is 2.58 bits per heavy atom. The number of halogens is 1. The Hall–Kier alpha value is -1.95. The standard InChI is InChI=1S/C12H12ClNO5/c1-3-19-12(16)8-4-5-9(11(13)7(2)15)10(6-8)14(17)18/h4-6,11H,3H2,1-2H3. The molecule has 0 saturated heterocycles. The van der Waals surface area contributed by atoms with Crippen molar-refractivity contribution in [3.05, 3.63) is 39.4 Å². The average Bonchev–Trinajstić information content (AvgIpc) is 2.37. The molecule has 0 radical (unpaired) electrons. The van der Waals surface area contributed by atoms with Gasteiger partial charge in [-0.15, -0.1) is 11.6 Å². The quantitative estimate of drug-likeness (QED) is 0.359. The molecule has 0 spiro atoms. The smallest absolute Gasteiger partial charge is 0.338 e. The number of hydrogen-bond donors (Lipinski definition) is 0. The molecule has 19 heavy (non-hydrogen) atoms. The van der Waals surface area contributed by atoms with Gasteiger partial charge in [0, 0.05) is 6.07 Å². The molecule has 1 unspecified atom stereocenters. The van der Waals surface area contributed by atoms with Crippen LogP contribution in [0, 0.1) is 10.1 Å². The number of nitro groups is 1. The van der Waals surface area contributed by atoms with Gasteiger partial charge in [0.2, 0.25) is 0 Å². The molecule has 0 N–H and O–H groups in total. The zero-order chi connectivity index (χ0) is 14.6. The Morgan fingerprint density at radius 2 is 2.11 bits per heavy atom. The van der Waals surface area contributed by atoms with Crippen LogP contribution in [0.5, 0.6) is 0 Å². The summed E-state index contributed by atoms with van der Waals surface area (Å²) in [5, 5.41) is 9.85. The molecule has 0 aromatic heterocycles. The number of benzene rings is 1. The number of ether oxygens (including phenoxy) is 1. The summed E-state index contributed by atoms with van der Waals surface area (Å²) in [7, 11) is 0. The number of carbonyl (C=O) groups is 2. The van der Waals surface area contributed by atoms with E-state index in [2.05, 4.69) is 0 Å². The van der Waals surface area contributed by atoms with Gasteiger partial charge in [-0.2, -0.15) is 0 Å². The minimum absolute atomic E-state index is 0.0460. The minimum Gasteiger partial charge on any atom is -0.462 e. The lowest BCUT2D eigenvalue weighted by Gasteiger charge is -2.08. The highest BCUT2D eigenvalue weighted by Crippen LogP contribution is 2.31. The van der Waals surface area contributed by atoms with Crippen molar-refractivity contribution in [2.24, 2.45) is 0 Å². The van der Waals surface area contributed by atoms with Crippen LogP contribution in [-0.2, 0) is 9.53 Å². The fraction of sp³-hybridized carbons (Fsp3) is 0.333. The van der Waals surface area contributed by atoms with Gasteiger partial charge < -0.3 is 4.74 Å². The van der Waals surface area contributed by atoms with Crippen LogP contribution in [0.4, 0.5) is 5.69 Å². The monoisotopic (exact) mass is 285 g/mol. The molecule has 0 bridgehead atoms. The van der Waals surface area contributed by atoms with Gasteiger partial charge >= 0.3 is 5.97 Å². The van der Waals surface area contributed by atoms with E-state index in [0.717, 1.165) is 6.07 Å². The maximum Gasteiger partial charge on any atom is 0.338 e. The zero-order valence-corrected chi connectivity index (χ0v) is 11.1. The summed E-state index contributed by atoms with van der Waals surface area (Å²) in [4.78, 5) is 33.0. The number of hydrogen-bond acceptors (Lipinski definition) is 5. The number of esters is 1. The maximum absolute atomic E-state index is 11.5. The van der Waals surface area contributed by atoms with E-state index in [-0.39, 0.29) is 23.4 Å². The molecular weight excluding hydrogens is 274 g/mol. The van der Waals surface area contributed by atoms with Crippen molar-refractivity contribution in [2.75, 3.05) is 6.61 Å². The number of carbonyl (C=O) groups excluding carboxylic acids is 2. The third kappa shape index (κ3) is 3.51. The SMILES string of the molecule is CCOC(=O)c1ccc(C(Cl)C(C)=O)c([N+](=O)[O-])c1. The normalized spacial score (nSPS) is 11.7. The summed E-state index contributed by atoms with van der Waals surface area (Å²) in [5.74, 6) is -1.07. The van der Waals surface area contributed by atoms with Crippen LogP contribution in [-0.4, -0.2) is 23.3 Å². The lowest BCUT2D eigenvalue weighted by molar-refractivity contribution is -0.385. The third-order valence-electron chi connectivity index (χ3n) is 2.37. The van der Waals surface area contributed by atoms with Gasteiger partial charge in [-0.1, -0.05) is 0 Å². The second kappa shape index (κ2) is 6.29. The van der Waals surface area contributed by atoms with Gasteiger partial charge in [0.15, 0.2) is 5.78 Å². The molecule has 0 aliphatic carbocycles. The van der Waals surface area contributed by atoms with Crippen LogP contribution in [0.25, 0.3) is 0 Å². The molecule has 0 saturated carbocycles. The molecular formula is C12H12ClNO5. The molecule has 1 rings (SSSR count). The topological polar surface area (TPSA) is 86.5 Å². The van der Waals surface area contributed by atoms with Crippen molar-refractivity contribution in [2.45, 2.75) is 19.2 Å². The average molecular weight is 286 g/mol. The number of alkyl halides is 1. The van der Waals surface area contributed by atoms with Gasteiger partial charge in [0.1, 0.15) is 5.38 Å². The molecule has 6 nitrogen and oxygen atoms in total. The van der Waals surface area contributed by atoms with Crippen molar-refractivity contribution in [1.82, 2.24) is 0 Å². The van der Waals surface area contributed by atoms with Crippen LogP contribution >= 0.6 is 11.6 Å². The Bertz CT molecular complexity index is 529. The van der Waals surface area contributed by atoms with Crippen LogP contribution < -0.4 is 0 Å². The van der Waals surface area contributed by atoms with E-state index in [1.807, 2.05) is 0 Å². The molecule has 102 valence electrons. The Balaban J connectivity index is 3.26. The van der Waals surface area contributed by atoms with Crippen molar-refractivity contribution in [1.29, 1.82) is 0 Å². The van der Waals surface area contributed by atoms with Crippen LogP contribution in [0.3, 0.4) is 0 Å². The lowest BCUT2D eigenvalue weighted by atomic mass is 10.0. The first kappa shape index (κ1) is 15.1. The fourth-order valence-corrected chi connectivity index (χ4v) is 1.66. The van der Waals surface area contributed by atoms with Gasteiger partial charge in [-0.05, 0) is 26.0 Å². The molecule has 0 fully saturated rings. The highest BCUT2D eigenvalue weighted by molar-refractivity contribution is 6.31. The lowest BCUT2D eigenvalue weighted by Crippen LogP contribution is -2.09. The van der Waals surface area contributed by atoms with Gasteiger partial charge in [-0.3, -0.25) is 14.9 Å². The predicted molar refractivity (Wildman–Crippen MR) is 68.3 cm³/mol. The first-order chi connectivity index (χ1) is 8.88. The summed E-state index contributed by atoms with van der Waals surface area (Å²) < 4.78 is 4.75. The number of rotatable bonds is 5. The second-order valence-corrected chi connectivity index (χ2v) is 4.16. The van der Waals surface area contributed by atoms with Gasteiger partial charge in [0.05, 0.1) is 22.7 Å². The summed E-state index contributed by atoms with van der Waals surface area (Å²) in [6, 6.07) is 3.70. The highest BCUT2D eigenvalue weighted by Gasteiger charge is 2.25. The molecule has 1 atom stereocenters. The highest BCUT2D eigenvalue weighted by atomic mass is 35.5. The summed E-state index contributed by atoms with van der Waals surface area (Å²) >= 11 is 5.81. The van der Waals surface area contributed by atoms with Gasteiger partial charge in [-0.25, -0.2) is 4.79 Å². The Kier molecular flexibility index (Phi) is 5.00. The van der Waals surface area contributed by atoms with E-state index in [4.69, 9.17) is 16.3 Å². The van der Waals surface area contributed by atoms with E-state index in [0.29, 0.717) is 0 Å². The van der Waals surface area contributed by atoms with E-state index in [1.54, 1.807) is 6.92 Å². The van der Waals surface area contributed by atoms with Crippen molar-refractivity contribution >= 4 is 29.0 Å². The molecule has 0 aliphatic rings. The first-order valence-electron chi connectivity index (χ1n) is 5.48. The molecule has 0 heterocycles.